The molecule has 3 nitrogen and oxygen atoms in total. The maximum atomic E-state index is 5.57. The molecule has 0 atom stereocenters. The topological polar surface area (TPSA) is 15.7 Å². The maximum Gasteiger partial charge on any atom is 0.0995 e. The molecule has 0 bridgehead atoms. The third-order valence-corrected chi connectivity index (χ3v) is 5.88. The number of aryl methyl sites for hydroxylation is 2. The number of ether oxygens (including phenoxy) is 1. The van der Waals surface area contributed by atoms with Gasteiger partial charge < -0.3 is 9.64 Å². The molecule has 0 N–H and O–H groups in total. The van der Waals surface area contributed by atoms with E-state index >= 15 is 0 Å². The Hall–Kier alpha value is -1.75. The van der Waals surface area contributed by atoms with Gasteiger partial charge in [-0.15, -0.1) is 6.58 Å². The highest BCUT2D eigenvalue weighted by Crippen LogP contribution is 2.37. The first-order valence-electron chi connectivity index (χ1n) is 9.17. The molecular weight excluding hydrogens is 340 g/mol. The third-order valence-electron chi connectivity index (χ3n) is 4.64. The number of piperazine rings is 1. The van der Waals surface area contributed by atoms with E-state index < -0.39 is 0 Å². The lowest BCUT2D eigenvalue weighted by molar-refractivity contribution is 0.0405. The Kier molecular flexibility index (Phi) is 6.78. The fourth-order valence-corrected chi connectivity index (χ4v) is 4.26. The van der Waals surface area contributed by atoms with Gasteiger partial charge in [0.05, 0.1) is 19.0 Å². The van der Waals surface area contributed by atoms with E-state index in [-0.39, 0.29) is 0 Å². The monoisotopic (exact) mass is 368 g/mol. The highest BCUT2D eigenvalue weighted by atomic mass is 32.2. The van der Waals surface area contributed by atoms with Crippen LogP contribution in [-0.2, 0) is 4.74 Å². The van der Waals surface area contributed by atoms with Crippen molar-refractivity contribution < 1.29 is 4.74 Å². The molecule has 4 heteroatoms. The summed E-state index contributed by atoms with van der Waals surface area (Å²) < 4.78 is 5.57. The van der Waals surface area contributed by atoms with Crippen LogP contribution in [-0.4, -0.2) is 44.4 Å². The molecule has 0 aromatic heterocycles. The van der Waals surface area contributed by atoms with Crippen molar-refractivity contribution in [2.24, 2.45) is 0 Å². The summed E-state index contributed by atoms with van der Waals surface area (Å²) in [5.74, 6) is 0. The Morgan fingerprint density at radius 3 is 2.54 bits per heavy atom. The molecule has 0 aliphatic carbocycles. The summed E-state index contributed by atoms with van der Waals surface area (Å²) >= 11 is 1.87. The number of para-hydroxylation sites is 1. The number of benzene rings is 2. The minimum atomic E-state index is 0.621. The first kappa shape index (κ1) is 19.0. The predicted octanol–water partition coefficient (Wildman–Crippen LogP) is 4.74. The summed E-state index contributed by atoms with van der Waals surface area (Å²) in [5, 5.41) is 0. The molecule has 0 unspecified atom stereocenters. The SMILES string of the molecule is C=CCOCN1CCN(c2ccccc2Sc2ccc(C)cc2C)CC1. The highest BCUT2D eigenvalue weighted by Gasteiger charge is 2.19. The molecule has 26 heavy (non-hydrogen) atoms. The molecule has 1 aliphatic heterocycles. The van der Waals surface area contributed by atoms with Gasteiger partial charge in [-0.1, -0.05) is 47.7 Å². The first-order valence-corrected chi connectivity index (χ1v) is 9.99. The van der Waals surface area contributed by atoms with E-state index in [1.54, 1.807) is 6.08 Å². The molecule has 1 aliphatic rings. The lowest BCUT2D eigenvalue weighted by Gasteiger charge is -2.36. The van der Waals surface area contributed by atoms with Crippen molar-refractivity contribution in [3.8, 4) is 0 Å². The number of hydrogen-bond acceptors (Lipinski definition) is 4. The van der Waals surface area contributed by atoms with Crippen LogP contribution < -0.4 is 4.90 Å². The van der Waals surface area contributed by atoms with Crippen LogP contribution in [0.1, 0.15) is 11.1 Å². The maximum absolute atomic E-state index is 5.57. The molecule has 1 fully saturated rings. The Balaban J connectivity index is 1.67. The minimum absolute atomic E-state index is 0.621. The van der Waals surface area contributed by atoms with E-state index in [1.807, 2.05) is 11.8 Å². The fourth-order valence-electron chi connectivity index (χ4n) is 3.22. The van der Waals surface area contributed by atoms with Crippen molar-refractivity contribution in [1.29, 1.82) is 0 Å². The smallest absolute Gasteiger partial charge is 0.0995 e. The molecule has 138 valence electrons. The summed E-state index contributed by atoms with van der Waals surface area (Å²) in [5.41, 5.74) is 3.99. The lowest BCUT2D eigenvalue weighted by atomic mass is 10.2. The number of rotatable bonds is 7. The van der Waals surface area contributed by atoms with Crippen molar-refractivity contribution >= 4 is 17.4 Å². The molecule has 1 saturated heterocycles. The summed E-state index contributed by atoms with van der Waals surface area (Å²) in [6.07, 6.45) is 1.80. The third kappa shape index (κ3) is 4.91. The average Bonchev–Trinajstić information content (AvgIpc) is 2.65. The van der Waals surface area contributed by atoms with E-state index in [1.165, 1.54) is 26.6 Å². The van der Waals surface area contributed by atoms with Gasteiger partial charge >= 0.3 is 0 Å². The molecule has 1 heterocycles. The van der Waals surface area contributed by atoms with E-state index in [2.05, 4.69) is 72.7 Å². The Bertz CT molecular complexity index is 739. The second-order valence-electron chi connectivity index (χ2n) is 6.73. The van der Waals surface area contributed by atoms with E-state index in [0.29, 0.717) is 13.3 Å². The van der Waals surface area contributed by atoms with E-state index in [0.717, 1.165) is 26.2 Å². The van der Waals surface area contributed by atoms with Gasteiger partial charge in [0.2, 0.25) is 0 Å². The first-order chi connectivity index (χ1) is 12.7. The highest BCUT2D eigenvalue weighted by molar-refractivity contribution is 7.99. The van der Waals surface area contributed by atoms with Gasteiger partial charge in [-0.3, -0.25) is 4.90 Å². The zero-order valence-corrected chi connectivity index (χ0v) is 16.6. The molecule has 0 amide bonds. The Labute approximate surface area is 161 Å². The van der Waals surface area contributed by atoms with Crippen molar-refractivity contribution in [1.82, 2.24) is 4.90 Å². The van der Waals surface area contributed by atoms with Crippen LogP contribution in [0.4, 0.5) is 5.69 Å². The van der Waals surface area contributed by atoms with Crippen LogP contribution in [0.3, 0.4) is 0 Å². The second-order valence-corrected chi connectivity index (χ2v) is 7.82. The molecule has 2 aromatic rings. The normalized spacial score (nSPS) is 15.2. The molecule has 0 spiro atoms. The van der Waals surface area contributed by atoms with Gasteiger partial charge in [-0.2, -0.15) is 0 Å². The van der Waals surface area contributed by atoms with Gasteiger partial charge in [0, 0.05) is 36.0 Å². The predicted molar refractivity (Wildman–Crippen MR) is 111 cm³/mol. The summed E-state index contributed by atoms with van der Waals surface area (Å²) in [7, 11) is 0. The van der Waals surface area contributed by atoms with Gasteiger partial charge in [-0.05, 0) is 37.6 Å². The van der Waals surface area contributed by atoms with Crippen molar-refractivity contribution in [2.75, 3.05) is 44.4 Å². The number of hydrogen-bond donors (Lipinski definition) is 0. The summed E-state index contributed by atoms with van der Waals surface area (Å²) in [4.78, 5) is 7.52. The van der Waals surface area contributed by atoms with Crippen LogP contribution in [0.2, 0.25) is 0 Å². The number of nitrogens with zero attached hydrogens (tertiary/aromatic N) is 2. The van der Waals surface area contributed by atoms with Crippen molar-refractivity contribution in [3.63, 3.8) is 0 Å². The van der Waals surface area contributed by atoms with Crippen molar-refractivity contribution in [2.45, 2.75) is 23.6 Å². The fraction of sp³-hybridized carbons (Fsp3) is 0.364. The van der Waals surface area contributed by atoms with Crippen molar-refractivity contribution in [3.05, 3.63) is 66.2 Å². The van der Waals surface area contributed by atoms with Crippen LogP contribution in [0.5, 0.6) is 0 Å². The van der Waals surface area contributed by atoms with Crippen LogP contribution >= 0.6 is 11.8 Å². The lowest BCUT2D eigenvalue weighted by Crippen LogP contribution is -2.47. The molecule has 0 saturated carbocycles. The van der Waals surface area contributed by atoms with Crippen LogP contribution in [0.25, 0.3) is 0 Å². The van der Waals surface area contributed by atoms with Gasteiger partial charge in [0.15, 0.2) is 0 Å². The quantitative estimate of drug-likeness (QED) is 0.518. The minimum Gasteiger partial charge on any atom is -0.368 e. The summed E-state index contributed by atoms with van der Waals surface area (Å²) in [6.45, 7) is 13.5. The summed E-state index contributed by atoms with van der Waals surface area (Å²) in [6, 6.07) is 15.4. The van der Waals surface area contributed by atoms with Crippen LogP contribution in [0, 0.1) is 13.8 Å². The zero-order chi connectivity index (χ0) is 18.4. The second kappa shape index (κ2) is 9.26. The van der Waals surface area contributed by atoms with E-state index in [4.69, 9.17) is 4.74 Å². The molecule has 2 aromatic carbocycles. The van der Waals surface area contributed by atoms with Gasteiger partial charge in [-0.25, -0.2) is 0 Å². The molecule has 3 rings (SSSR count). The van der Waals surface area contributed by atoms with E-state index in [9.17, 15) is 0 Å². The zero-order valence-electron chi connectivity index (χ0n) is 15.8. The van der Waals surface area contributed by atoms with Gasteiger partial charge in [0.1, 0.15) is 0 Å². The Morgan fingerprint density at radius 1 is 1.04 bits per heavy atom. The number of anilines is 1. The van der Waals surface area contributed by atoms with Crippen LogP contribution in [0.15, 0.2) is 64.9 Å². The molecule has 0 radical (unpaired) electrons. The van der Waals surface area contributed by atoms with Gasteiger partial charge in [0.25, 0.3) is 0 Å². The molecular formula is C22H28N2OS. The average molecular weight is 369 g/mol. The standard InChI is InChI=1S/C22H28N2OS/c1-4-15-25-17-23-11-13-24(14-12-23)20-7-5-6-8-22(20)26-21-10-9-18(2)16-19(21)3/h4-10,16H,1,11-15,17H2,2-3H3. The largest absolute Gasteiger partial charge is 0.368 e. The Morgan fingerprint density at radius 2 is 1.81 bits per heavy atom.